The summed E-state index contributed by atoms with van der Waals surface area (Å²) in [5.41, 5.74) is 1.24. The van der Waals surface area contributed by atoms with Crippen molar-refractivity contribution in [2.24, 2.45) is 0 Å². The van der Waals surface area contributed by atoms with Crippen LogP contribution < -0.4 is 5.11 Å². The van der Waals surface area contributed by atoms with Crippen molar-refractivity contribution in [1.29, 1.82) is 0 Å². The molecule has 0 radical (unpaired) electrons. The first-order chi connectivity index (χ1) is 10.1. The molecule has 0 aliphatic rings. The molecule has 0 unspecified atom stereocenters. The normalized spacial score (nSPS) is 10.7. The first kappa shape index (κ1) is 14.6. The standard InChI is InChI=1S/C16H14O5/c1-2-20-16(19)12-5-3-11(4-6-12)14-9-7-13(21-14)8-10-15(17)18/h3-10H,2H2,1H3,(H,17,18)/p-1/b10-8+. The van der Waals surface area contributed by atoms with E-state index in [1.807, 2.05) is 0 Å². The van der Waals surface area contributed by atoms with Gasteiger partial charge in [-0.05, 0) is 43.3 Å². The molecule has 0 amide bonds. The summed E-state index contributed by atoms with van der Waals surface area (Å²) in [4.78, 5) is 21.8. The molecule has 0 fully saturated rings. The predicted octanol–water partition coefficient (Wildman–Crippen LogP) is 1.89. The van der Waals surface area contributed by atoms with E-state index in [2.05, 4.69) is 0 Å². The van der Waals surface area contributed by atoms with Crippen molar-refractivity contribution >= 4 is 18.0 Å². The van der Waals surface area contributed by atoms with E-state index in [0.29, 0.717) is 23.7 Å². The van der Waals surface area contributed by atoms with E-state index in [1.165, 1.54) is 6.08 Å². The molecule has 1 heterocycles. The number of aliphatic carboxylic acids is 1. The van der Waals surface area contributed by atoms with Crippen LogP contribution in [-0.4, -0.2) is 18.5 Å². The Balaban J connectivity index is 2.15. The third kappa shape index (κ3) is 3.82. The average molecular weight is 285 g/mol. The summed E-state index contributed by atoms with van der Waals surface area (Å²) >= 11 is 0. The second-order valence-electron chi connectivity index (χ2n) is 4.15. The van der Waals surface area contributed by atoms with Crippen LogP contribution in [0.1, 0.15) is 23.0 Å². The molecule has 0 aliphatic carbocycles. The minimum atomic E-state index is -1.29. The van der Waals surface area contributed by atoms with Gasteiger partial charge in [0.15, 0.2) is 0 Å². The fourth-order valence-electron chi connectivity index (χ4n) is 1.73. The summed E-state index contributed by atoms with van der Waals surface area (Å²) in [5.74, 6) is -0.681. The van der Waals surface area contributed by atoms with Gasteiger partial charge in [0.1, 0.15) is 11.5 Å². The largest absolute Gasteiger partial charge is 0.545 e. The van der Waals surface area contributed by atoms with Crippen LogP contribution in [0.25, 0.3) is 17.4 Å². The van der Waals surface area contributed by atoms with Gasteiger partial charge in [0.05, 0.1) is 18.1 Å². The van der Waals surface area contributed by atoms with Gasteiger partial charge in [0, 0.05) is 5.56 Å². The molecule has 2 rings (SSSR count). The topological polar surface area (TPSA) is 79.6 Å². The number of carboxylic acid groups (broad SMARTS) is 1. The Bertz CT molecular complexity index is 664. The molecule has 5 nitrogen and oxygen atoms in total. The minimum Gasteiger partial charge on any atom is -0.545 e. The Morgan fingerprint density at radius 1 is 1.19 bits per heavy atom. The second-order valence-corrected chi connectivity index (χ2v) is 4.15. The molecule has 0 aliphatic heterocycles. The van der Waals surface area contributed by atoms with Gasteiger partial charge in [0.2, 0.25) is 0 Å². The SMILES string of the molecule is CCOC(=O)c1ccc(-c2ccc(/C=C/C(=O)[O-])o2)cc1. The maximum Gasteiger partial charge on any atom is 0.338 e. The van der Waals surface area contributed by atoms with E-state index in [9.17, 15) is 14.7 Å². The van der Waals surface area contributed by atoms with Crippen LogP contribution in [0.2, 0.25) is 0 Å². The number of carbonyl (C=O) groups excluding carboxylic acids is 2. The number of ether oxygens (including phenoxy) is 1. The van der Waals surface area contributed by atoms with Crippen LogP contribution in [0.4, 0.5) is 0 Å². The van der Waals surface area contributed by atoms with E-state index < -0.39 is 5.97 Å². The molecule has 108 valence electrons. The second kappa shape index (κ2) is 6.56. The molecule has 0 N–H and O–H groups in total. The lowest BCUT2D eigenvalue weighted by atomic mass is 10.1. The number of rotatable bonds is 5. The highest BCUT2D eigenvalue weighted by Gasteiger charge is 2.08. The molecule has 0 saturated carbocycles. The molecule has 5 heteroatoms. The first-order valence-electron chi connectivity index (χ1n) is 6.36. The Kier molecular flexibility index (Phi) is 4.56. The molecule has 0 saturated heterocycles. The zero-order chi connectivity index (χ0) is 15.2. The average Bonchev–Trinajstić information content (AvgIpc) is 2.94. The Hall–Kier alpha value is -2.82. The number of hydrogen-bond acceptors (Lipinski definition) is 5. The van der Waals surface area contributed by atoms with Crippen LogP contribution in [0, 0.1) is 0 Å². The zero-order valence-electron chi connectivity index (χ0n) is 11.4. The molecule has 1 aromatic heterocycles. The molecule has 0 atom stereocenters. The molecular formula is C16H13O5-. The monoisotopic (exact) mass is 285 g/mol. The van der Waals surface area contributed by atoms with Gasteiger partial charge in [-0.2, -0.15) is 0 Å². The van der Waals surface area contributed by atoms with Gasteiger partial charge in [0.25, 0.3) is 0 Å². The molecule has 21 heavy (non-hydrogen) atoms. The van der Waals surface area contributed by atoms with Crippen LogP contribution in [0.5, 0.6) is 0 Å². The lowest BCUT2D eigenvalue weighted by Gasteiger charge is -2.02. The van der Waals surface area contributed by atoms with E-state index in [4.69, 9.17) is 9.15 Å². The van der Waals surface area contributed by atoms with Gasteiger partial charge >= 0.3 is 5.97 Å². The van der Waals surface area contributed by atoms with Gasteiger partial charge in [-0.15, -0.1) is 0 Å². The highest BCUT2D eigenvalue weighted by Crippen LogP contribution is 2.23. The Labute approximate surface area is 121 Å². The van der Waals surface area contributed by atoms with Gasteiger partial charge in [-0.3, -0.25) is 0 Å². The van der Waals surface area contributed by atoms with Crippen molar-refractivity contribution in [2.45, 2.75) is 6.92 Å². The van der Waals surface area contributed by atoms with Gasteiger partial charge in [-0.25, -0.2) is 4.79 Å². The van der Waals surface area contributed by atoms with Crippen LogP contribution in [-0.2, 0) is 9.53 Å². The van der Waals surface area contributed by atoms with Crippen molar-refractivity contribution in [3.05, 3.63) is 53.8 Å². The Morgan fingerprint density at radius 3 is 2.52 bits per heavy atom. The molecule has 0 bridgehead atoms. The van der Waals surface area contributed by atoms with Crippen molar-refractivity contribution in [2.75, 3.05) is 6.61 Å². The predicted molar refractivity (Wildman–Crippen MR) is 74.1 cm³/mol. The van der Waals surface area contributed by atoms with Crippen molar-refractivity contribution in [1.82, 2.24) is 0 Å². The van der Waals surface area contributed by atoms with E-state index >= 15 is 0 Å². The van der Waals surface area contributed by atoms with Gasteiger partial charge < -0.3 is 19.1 Å². The zero-order valence-corrected chi connectivity index (χ0v) is 11.4. The minimum absolute atomic E-state index is 0.326. The number of esters is 1. The number of furan rings is 1. The lowest BCUT2D eigenvalue weighted by molar-refractivity contribution is -0.297. The number of hydrogen-bond donors (Lipinski definition) is 0. The summed E-state index contributed by atoms with van der Waals surface area (Å²) in [7, 11) is 0. The molecular weight excluding hydrogens is 272 g/mol. The quantitative estimate of drug-likeness (QED) is 0.619. The maximum absolute atomic E-state index is 11.5. The summed E-state index contributed by atoms with van der Waals surface area (Å²) in [5, 5.41) is 10.3. The highest BCUT2D eigenvalue weighted by atomic mass is 16.5. The van der Waals surface area contributed by atoms with Crippen molar-refractivity contribution < 1.29 is 23.8 Å². The smallest absolute Gasteiger partial charge is 0.338 e. The summed E-state index contributed by atoms with van der Waals surface area (Å²) in [6.07, 6.45) is 2.21. The van der Waals surface area contributed by atoms with Gasteiger partial charge in [-0.1, -0.05) is 12.1 Å². The van der Waals surface area contributed by atoms with Crippen LogP contribution in [0.15, 0.2) is 46.9 Å². The Morgan fingerprint density at radius 2 is 1.90 bits per heavy atom. The third-order valence-corrected chi connectivity index (χ3v) is 2.69. The number of carbonyl (C=O) groups is 2. The first-order valence-corrected chi connectivity index (χ1v) is 6.36. The molecule has 0 spiro atoms. The maximum atomic E-state index is 11.5. The summed E-state index contributed by atoms with van der Waals surface area (Å²) in [6.45, 7) is 2.07. The molecule has 1 aromatic carbocycles. The van der Waals surface area contributed by atoms with Crippen LogP contribution >= 0.6 is 0 Å². The van der Waals surface area contributed by atoms with Crippen molar-refractivity contribution in [3.8, 4) is 11.3 Å². The van der Waals surface area contributed by atoms with E-state index in [-0.39, 0.29) is 5.97 Å². The fraction of sp³-hybridized carbons (Fsp3) is 0.125. The van der Waals surface area contributed by atoms with Crippen LogP contribution in [0.3, 0.4) is 0 Å². The lowest BCUT2D eigenvalue weighted by Crippen LogP contribution is -2.18. The fourth-order valence-corrected chi connectivity index (χ4v) is 1.73. The third-order valence-electron chi connectivity index (χ3n) is 2.69. The highest BCUT2D eigenvalue weighted by molar-refractivity contribution is 5.90. The molecule has 2 aromatic rings. The van der Waals surface area contributed by atoms with E-state index in [1.54, 1.807) is 43.3 Å². The van der Waals surface area contributed by atoms with Crippen molar-refractivity contribution in [3.63, 3.8) is 0 Å². The number of benzene rings is 1. The summed E-state index contributed by atoms with van der Waals surface area (Å²) in [6, 6.07) is 10.1. The number of carboxylic acids is 1. The van der Waals surface area contributed by atoms with E-state index in [0.717, 1.165) is 11.6 Å². The summed E-state index contributed by atoms with van der Waals surface area (Å²) < 4.78 is 10.4.